The zero-order chi connectivity index (χ0) is 21.6. The van der Waals surface area contributed by atoms with Gasteiger partial charge in [-0.2, -0.15) is 0 Å². The van der Waals surface area contributed by atoms with Crippen LogP contribution in [0.2, 0.25) is 0 Å². The van der Waals surface area contributed by atoms with Crippen LogP contribution >= 0.6 is 0 Å². The van der Waals surface area contributed by atoms with Crippen molar-refractivity contribution < 1.29 is 17.5 Å². The van der Waals surface area contributed by atoms with E-state index in [-0.39, 0.29) is 28.7 Å². The number of hydrogen-bond donors (Lipinski definition) is 0. The van der Waals surface area contributed by atoms with Crippen LogP contribution in [0.5, 0.6) is 0 Å². The third kappa shape index (κ3) is 3.54. The fourth-order valence-corrected chi connectivity index (χ4v) is 6.39. The first-order valence-electron chi connectivity index (χ1n) is 10.5. The molecule has 160 valence electrons. The molecule has 0 saturated carbocycles. The number of rotatable bonds is 3. The smallest absolute Gasteiger partial charge is 0.264 e. The summed E-state index contributed by atoms with van der Waals surface area (Å²) < 4.78 is 48.5. The van der Waals surface area contributed by atoms with Gasteiger partial charge in [-0.1, -0.05) is 48.0 Å². The van der Waals surface area contributed by atoms with Crippen LogP contribution in [0.15, 0.2) is 77.7 Å². The molecule has 0 bridgehead atoms. The summed E-state index contributed by atoms with van der Waals surface area (Å²) in [4.78, 5) is 0.279. The topological polar surface area (TPSA) is 46.6 Å². The van der Waals surface area contributed by atoms with Gasteiger partial charge in [-0.3, -0.25) is 4.31 Å². The molecule has 3 atom stereocenters. The predicted octanol–water partition coefficient (Wildman–Crippen LogP) is 5.20. The van der Waals surface area contributed by atoms with Gasteiger partial charge in [0.2, 0.25) is 0 Å². The van der Waals surface area contributed by atoms with Crippen molar-refractivity contribution in [3.63, 3.8) is 0 Å². The van der Waals surface area contributed by atoms with Crippen molar-refractivity contribution in [2.45, 2.75) is 30.3 Å². The standard InChI is InChI=1S/C25H24FNO3S/c1-17-6-12-20(13-7-17)31(28,29)27-16-23-21(22-4-2-3-5-24(22)27)14-15-30-25(23)18-8-10-19(26)11-9-18/h2-13,21,23,25H,14-16H2,1H3. The molecule has 0 radical (unpaired) electrons. The molecule has 3 unspecified atom stereocenters. The monoisotopic (exact) mass is 437 g/mol. The molecule has 5 rings (SSSR count). The van der Waals surface area contributed by atoms with E-state index in [1.165, 1.54) is 16.4 Å². The molecule has 6 heteroatoms. The Labute approximate surface area is 182 Å². The number of nitrogens with zero attached hydrogens (tertiary/aromatic N) is 1. The molecule has 0 amide bonds. The number of halogens is 1. The number of ether oxygens (including phenoxy) is 1. The quantitative estimate of drug-likeness (QED) is 0.566. The van der Waals surface area contributed by atoms with Crippen LogP contribution in [-0.4, -0.2) is 21.6 Å². The van der Waals surface area contributed by atoms with E-state index >= 15 is 0 Å². The SMILES string of the molecule is Cc1ccc(S(=O)(=O)N2CC3C(CCOC3c3ccc(F)cc3)c3ccccc32)cc1. The molecule has 1 fully saturated rings. The minimum Gasteiger partial charge on any atom is -0.373 e. The fourth-order valence-electron chi connectivity index (χ4n) is 4.86. The van der Waals surface area contributed by atoms with E-state index in [0.29, 0.717) is 13.2 Å². The summed E-state index contributed by atoms with van der Waals surface area (Å²) in [6, 6.07) is 21.0. The number of benzene rings is 3. The fraction of sp³-hybridized carbons (Fsp3) is 0.280. The third-order valence-electron chi connectivity index (χ3n) is 6.42. The number of para-hydroxylation sites is 1. The predicted molar refractivity (Wildman–Crippen MR) is 118 cm³/mol. The average Bonchev–Trinajstić information content (AvgIpc) is 2.79. The van der Waals surface area contributed by atoms with E-state index in [2.05, 4.69) is 0 Å². The van der Waals surface area contributed by atoms with E-state index in [4.69, 9.17) is 4.74 Å². The van der Waals surface area contributed by atoms with Crippen molar-refractivity contribution in [1.29, 1.82) is 0 Å². The minimum absolute atomic E-state index is 0.0608. The molecule has 2 aliphatic heterocycles. The lowest BCUT2D eigenvalue weighted by atomic mass is 9.74. The molecular formula is C25H24FNO3S. The number of anilines is 1. The van der Waals surface area contributed by atoms with Crippen LogP contribution in [0.4, 0.5) is 10.1 Å². The maximum Gasteiger partial charge on any atom is 0.264 e. The van der Waals surface area contributed by atoms with E-state index in [0.717, 1.165) is 28.8 Å². The Hall–Kier alpha value is -2.70. The van der Waals surface area contributed by atoms with Gasteiger partial charge >= 0.3 is 0 Å². The Morgan fingerprint density at radius 2 is 1.68 bits per heavy atom. The second-order valence-corrected chi connectivity index (χ2v) is 10.2. The van der Waals surface area contributed by atoms with Crippen LogP contribution in [0, 0.1) is 18.7 Å². The molecule has 1 saturated heterocycles. The second-order valence-electron chi connectivity index (χ2n) is 8.31. The van der Waals surface area contributed by atoms with Crippen LogP contribution in [-0.2, 0) is 14.8 Å². The number of hydrogen-bond acceptors (Lipinski definition) is 3. The zero-order valence-electron chi connectivity index (χ0n) is 17.2. The Kier molecular flexibility index (Phi) is 5.07. The van der Waals surface area contributed by atoms with Gasteiger partial charge in [-0.15, -0.1) is 0 Å². The van der Waals surface area contributed by atoms with Gasteiger partial charge in [0.1, 0.15) is 5.82 Å². The van der Waals surface area contributed by atoms with Crippen molar-refractivity contribution in [3.8, 4) is 0 Å². The molecule has 4 nitrogen and oxygen atoms in total. The Morgan fingerprint density at radius 1 is 0.968 bits per heavy atom. The van der Waals surface area contributed by atoms with Gasteiger partial charge in [-0.25, -0.2) is 12.8 Å². The van der Waals surface area contributed by atoms with Crippen molar-refractivity contribution >= 4 is 15.7 Å². The molecule has 31 heavy (non-hydrogen) atoms. The Morgan fingerprint density at radius 3 is 2.42 bits per heavy atom. The summed E-state index contributed by atoms with van der Waals surface area (Å²) in [5.41, 5.74) is 3.66. The number of aryl methyl sites for hydroxylation is 1. The lowest BCUT2D eigenvalue weighted by molar-refractivity contribution is -0.0384. The van der Waals surface area contributed by atoms with Crippen LogP contribution in [0.1, 0.15) is 35.1 Å². The van der Waals surface area contributed by atoms with Gasteiger partial charge < -0.3 is 4.74 Å². The van der Waals surface area contributed by atoms with E-state index in [1.54, 1.807) is 24.3 Å². The lowest BCUT2D eigenvalue weighted by Crippen LogP contribution is -2.46. The lowest BCUT2D eigenvalue weighted by Gasteiger charge is -2.46. The van der Waals surface area contributed by atoms with Crippen molar-refractivity contribution in [2.24, 2.45) is 5.92 Å². The van der Waals surface area contributed by atoms with E-state index in [9.17, 15) is 12.8 Å². The van der Waals surface area contributed by atoms with Crippen LogP contribution in [0.25, 0.3) is 0 Å². The summed E-state index contributed by atoms with van der Waals surface area (Å²) >= 11 is 0. The maximum atomic E-state index is 13.7. The molecule has 3 aromatic carbocycles. The summed E-state index contributed by atoms with van der Waals surface area (Å²) in [5, 5.41) is 0. The number of sulfonamides is 1. The molecule has 3 aromatic rings. The van der Waals surface area contributed by atoms with Crippen LogP contribution in [0.3, 0.4) is 0 Å². The summed E-state index contributed by atoms with van der Waals surface area (Å²) in [7, 11) is -3.74. The highest BCUT2D eigenvalue weighted by Gasteiger charge is 2.44. The van der Waals surface area contributed by atoms with E-state index in [1.807, 2.05) is 43.3 Å². The summed E-state index contributed by atoms with van der Waals surface area (Å²) in [6.45, 7) is 2.84. The van der Waals surface area contributed by atoms with Crippen molar-refractivity contribution in [2.75, 3.05) is 17.5 Å². The van der Waals surface area contributed by atoms with Crippen molar-refractivity contribution in [3.05, 3.63) is 95.3 Å². The maximum absolute atomic E-state index is 13.7. The Balaban J connectivity index is 1.60. The van der Waals surface area contributed by atoms with Crippen LogP contribution < -0.4 is 4.31 Å². The first kappa shape index (κ1) is 20.2. The highest BCUT2D eigenvalue weighted by atomic mass is 32.2. The molecule has 0 spiro atoms. The molecule has 2 aliphatic rings. The summed E-state index contributed by atoms with van der Waals surface area (Å²) in [5.74, 6) is -0.174. The molecule has 2 heterocycles. The normalized spacial score (nSPS) is 23.2. The molecular weight excluding hydrogens is 413 g/mol. The van der Waals surface area contributed by atoms with Crippen molar-refractivity contribution in [1.82, 2.24) is 0 Å². The van der Waals surface area contributed by atoms with Gasteiger partial charge in [0.05, 0.1) is 16.7 Å². The van der Waals surface area contributed by atoms with Gasteiger partial charge in [0.25, 0.3) is 10.0 Å². The molecule has 0 aliphatic carbocycles. The largest absolute Gasteiger partial charge is 0.373 e. The molecule has 0 N–H and O–H groups in total. The average molecular weight is 438 g/mol. The van der Waals surface area contributed by atoms with Gasteiger partial charge in [0.15, 0.2) is 0 Å². The Bertz CT molecular complexity index is 1190. The molecule has 0 aromatic heterocycles. The van der Waals surface area contributed by atoms with Gasteiger partial charge in [-0.05, 0) is 60.7 Å². The first-order valence-corrected chi connectivity index (χ1v) is 11.9. The second kappa shape index (κ2) is 7.77. The minimum atomic E-state index is -3.74. The van der Waals surface area contributed by atoms with Gasteiger partial charge in [0, 0.05) is 19.1 Å². The number of fused-ring (bicyclic) bond motifs is 3. The first-order chi connectivity index (χ1) is 14.9. The third-order valence-corrected chi connectivity index (χ3v) is 8.21. The zero-order valence-corrected chi connectivity index (χ0v) is 18.1. The van der Waals surface area contributed by atoms with E-state index < -0.39 is 10.0 Å². The summed E-state index contributed by atoms with van der Waals surface area (Å²) in [6.07, 6.45) is 0.543. The highest BCUT2D eigenvalue weighted by Crippen LogP contribution is 2.50. The highest BCUT2D eigenvalue weighted by molar-refractivity contribution is 7.92.